The molecule has 0 amide bonds. The van der Waals surface area contributed by atoms with Gasteiger partial charge in [-0.05, 0) is 30.7 Å². The van der Waals surface area contributed by atoms with Crippen molar-refractivity contribution in [3.8, 4) is 5.75 Å². The van der Waals surface area contributed by atoms with Crippen LogP contribution in [0.3, 0.4) is 0 Å². The Labute approximate surface area is 99.0 Å². The Morgan fingerprint density at radius 2 is 1.94 bits per heavy atom. The fourth-order valence-corrected chi connectivity index (χ4v) is 1.50. The number of rotatable bonds is 3. The van der Waals surface area contributed by atoms with E-state index in [1.54, 1.807) is 43.5 Å². The van der Waals surface area contributed by atoms with Crippen LogP contribution in [0.1, 0.15) is 21.9 Å². The summed E-state index contributed by atoms with van der Waals surface area (Å²) in [6.07, 6.45) is 1.85. The van der Waals surface area contributed by atoms with E-state index in [9.17, 15) is 4.79 Å². The number of hydrogen-bond acceptors (Lipinski definition) is 4. The summed E-state index contributed by atoms with van der Waals surface area (Å²) in [5, 5.41) is 9.14. The first-order chi connectivity index (χ1) is 8.15. The van der Waals surface area contributed by atoms with E-state index >= 15 is 0 Å². The number of benzene rings is 1. The summed E-state index contributed by atoms with van der Waals surface area (Å²) in [5.41, 5.74) is 1.27. The van der Waals surface area contributed by atoms with E-state index in [1.165, 1.54) is 0 Å². The molecule has 2 rings (SSSR count). The van der Waals surface area contributed by atoms with Crippen LogP contribution in [0.4, 0.5) is 0 Å². The number of carbonyl (C=O) groups is 1. The third-order valence-electron chi connectivity index (χ3n) is 2.36. The topological polar surface area (TPSA) is 63.1 Å². The molecular formula is C13H12N2O2. The number of phenolic OH excluding ortho intramolecular Hbond substituents is 1. The minimum Gasteiger partial charge on any atom is -0.508 e. The van der Waals surface area contributed by atoms with Gasteiger partial charge in [-0.1, -0.05) is 12.1 Å². The van der Waals surface area contributed by atoms with Gasteiger partial charge in [-0.25, -0.2) is 9.97 Å². The lowest BCUT2D eigenvalue weighted by atomic mass is 10.1. The Balaban J connectivity index is 2.14. The highest BCUT2D eigenvalue weighted by Gasteiger charge is 2.08. The molecule has 1 N–H and O–H groups in total. The van der Waals surface area contributed by atoms with Crippen molar-refractivity contribution in [3.05, 3.63) is 53.6 Å². The fraction of sp³-hybridized carbons (Fsp3) is 0.154. The van der Waals surface area contributed by atoms with Crippen LogP contribution >= 0.6 is 0 Å². The largest absolute Gasteiger partial charge is 0.508 e. The molecule has 1 aromatic heterocycles. The van der Waals surface area contributed by atoms with Gasteiger partial charge < -0.3 is 5.11 Å². The van der Waals surface area contributed by atoms with Gasteiger partial charge in [0.25, 0.3) is 0 Å². The number of aryl methyl sites for hydroxylation is 1. The summed E-state index contributed by atoms with van der Waals surface area (Å²) in [5.74, 6) is 0.724. The van der Waals surface area contributed by atoms with Gasteiger partial charge in [-0.15, -0.1) is 0 Å². The summed E-state index contributed by atoms with van der Waals surface area (Å²) >= 11 is 0. The number of aromatic nitrogens is 2. The molecule has 2 aromatic rings. The third-order valence-corrected chi connectivity index (χ3v) is 2.36. The number of nitrogens with zero attached hydrogens (tertiary/aromatic N) is 2. The molecule has 0 saturated heterocycles. The van der Waals surface area contributed by atoms with Gasteiger partial charge in [-0.3, -0.25) is 4.79 Å². The van der Waals surface area contributed by atoms with Crippen molar-refractivity contribution < 1.29 is 9.90 Å². The van der Waals surface area contributed by atoms with Crippen LogP contribution in [0.25, 0.3) is 0 Å². The Kier molecular flexibility index (Phi) is 3.14. The minimum atomic E-state index is -0.0545. The van der Waals surface area contributed by atoms with Gasteiger partial charge in [0.15, 0.2) is 5.78 Å². The van der Waals surface area contributed by atoms with E-state index in [0.717, 1.165) is 5.56 Å². The van der Waals surface area contributed by atoms with Crippen molar-refractivity contribution in [3.63, 3.8) is 0 Å². The van der Waals surface area contributed by atoms with E-state index < -0.39 is 0 Å². The molecule has 4 heteroatoms. The molecule has 17 heavy (non-hydrogen) atoms. The molecule has 0 unspecified atom stereocenters. The van der Waals surface area contributed by atoms with Gasteiger partial charge >= 0.3 is 0 Å². The Morgan fingerprint density at radius 3 is 2.59 bits per heavy atom. The fourth-order valence-electron chi connectivity index (χ4n) is 1.50. The summed E-state index contributed by atoms with van der Waals surface area (Å²) in [4.78, 5) is 19.9. The molecule has 1 aromatic carbocycles. The highest BCUT2D eigenvalue weighted by molar-refractivity contribution is 5.95. The van der Waals surface area contributed by atoms with Crippen molar-refractivity contribution in [1.82, 2.24) is 9.97 Å². The highest BCUT2D eigenvalue weighted by atomic mass is 16.3. The van der Waals surface area contributed by atoms with E-state index in [-0.39, 0.29) is 18.0 Å². The van der Waals surface area contributed by atoms with E-state index in [4.69, 9.17) is 5.11 Å². The van der Waals surface area contributed by atoms with Crippen LogP contribution in [0.15, 0.2) is 36.5 Å². The molecule has 0 spiro atoms. The van der Waals surface area contributed by atoms with Gasteiger partial charge in [0.2, 0.25) is 0 Å². The summed E-state index contributed by atoms with van der Waals surface area (Å²) in [6.45, 7) is 1.75. The van der Waals surface area contributed by atoms with Crippen LogP contribution in [-0.2, 0) is 6.42 Å². The molecule has 0 aliphatic rings. The number of phenols is 1. The summed E-state index contributed by atoms with van der Waals surface area (Å²) < 4.78 is 0. The lowest BCUT2D eigenvalue weighted by molar-refractivity contribution is 0.0987. The summed E-state index contributed by atoms with van der Waals surface area (Å²) in [6, 6.07) is 8.18. The van der Waals surface area contributed by atoms with Crippen molar-refractivity contribution in [2.75, 3.05) is 0 Å². The Bertz CT molecular complexity index is 535. The minimum absolute atomic E-state index is 0.0545. The molecule has 0 atom stereocenters. The van der Waals surface area contributed by atoms with Gasteiger partial charge in [0.05, 0.1) is 0 Å². The lowest BCUT2D eigenvalue weighted by Crippen LogP contribution is -2.07. The number of hydrogen-bond donors (Lipinski definition) is 1. The van der Waals surface area contributed by atoms with Gasteiger partial charge in [0.1, 0.15) is 17.3 Å². The van der Waals surface area contributed by atoms with E-state index in [2.05, 4.69) is 9.97 Å². The zero-order chi connectivity index (χ0) is 12.3. The van der Waals surface area contributed by atoms with Crippen LogP contribution in [0, 0.1) is 6.92 Å². The second-order valence-electron chi connectivity index (χ2n) is 3.76. The maximum Gasteiger partial charge on any atom is 0.185 e. The van der Waals surface area contributed by atoms with E-state index in [1.807, 2.05) is 0 Å². The summed E-state index contributed by atoms with van der Waals surface area (Å²) in [7, 11) is 0. The zero-order valence-electron chi connectivity index (χ0n) is 9.42. The molecule has 0 saturated carbocycles. The average molecular weight is 228 g/mol. The normalized spacial score (nSPS) is 10.2. The first-order valence-electron chi connectivity index (χ1n) is 5.26. The number of aromatic hydroxyl groups is 1. The molecular weight excluding hydrogens is 216 g/mol. The zero-order valence-corrected chi connectivity index (χ0v) is 9.42. The van der Waals surface area contributed by atoms with Gasteiger partial charge in [-0.2, -0.15) is 0 Å². The molecule has 1 heterocycles. The van der Waals surface area contributed by atoms with Crippen LogP contribution in [0.5, 0.6) is 5.75 Å². The SMILES string of the molecule is Cc1nccc(C(=O)Cc2ccc(O)cc2)n1. The molecule has 0 fully saturated rings. The predicted octanol–water partition coefficient (Wildman–Crippen LogP) is 1.92. The van der Waals surface area contributed by atoms with Crippen molar-refractivity contribution in [1.29, 1.82) is 0 Å². The molecule has 0 aliphatic heterocycles. The monoisotopic (exact) mass is 228 g/mol. The third kappa shape index (κ3) is 2.87. The number of ketones is 1. The van der Waals surface area contributed by atoms with Crippen molar-refractivity contribution in [2.24, 2.45) is 0 Å². The predicted molar refractivity (Wildman–Crippen MR) is 62.9 cm³/mol. The van der Waals surface area contributed by atoms with Gasteiger partial charge in [0, 0.05) is 12.6 Å². The number of carbonyl (C=O) groups excluding carboxylic acids is 1. The van der Waals surface area contributed by atoms with Crippen molar-refractivity contribution >= 4 is 5.78 Å². The maximum atomic E-state index is 11.9. The molecule has 4 nitrogen and oxygen atoms in total. The standard InChI is InChI=1S/C13H12N2O2/c1-9-14-7-6-12(15-9)13(17)8-10-2-4-11(16)5-3-10/h2-7,16H,8H2,1H3. The molecule has 86 valence electrons. The van der Waals surface area contributed by atoms with E-state index in [0.29, 0.717) is 11.5 Å². The molecule has 0 aliphatic carbocycles. The highest BCUT2D eigenvalue weighted by Crippen LogP contribution is 2.11. The molecule has 0 radical (unpaired) electrons. The maximum absolute atomic E-state index is 11.9. The first kappa shape index (κ1) is 11.3. The van der Waals surface area contributed by atoms with Crippen molar-refractivity contribution in [2.45, 2.75) is 13.3 Å². The average Bonchev–Trinajstić information content (AvgIpc) is 2.32. The second-order valence-corrected chi connectivity index (χ2v) is 3.76. The van der Waals surface area contributed by atoms with Crippen LogP contribution in [-0.4, -0.2) is 20.9 Å². The smallest absolute Gasteiger partial charge is 0.185 e. The Morgan fingerprint density at radius 1 is 1.24 bits per heavy atom. The number of Topliss-reactive ketones (excluding diaryl/α,β-unsaturated/α-hetero) is 1. The van der Waals surface area contributed by atoms with Crippen LogP contribution < -0.4 is 0 Å². The molecule has 0 bridgehead atoms. The first-order valence-corrected chi connectivity index (χ1v) is 5.26. The lowest BCUT2D eigenvalue weighted by Gasteiger charge is -2.01. The van der Waals surface area contributed by atoms with Crippen LogP contribution in [0.2, 0.25) is 0 Å². The quantitative estimate of drug-likeness (QED) is 0.815. The second kappa shape index (κ2) is 4.74. The Hall–Kier alpha value is -2.23.